The lowest BCUT2D eigenvalue weighted by Gasteiger charge is -2.39. The topological polar surface area (TPSA) is 57.6 Å². The summed E-state index contributed by atoms with van der Waals surface area (Å²) in [5, 5.41) is 9.40. The first kappa shape index (κ1) is 16.0. The molecule has 3 unspecified atom stereocenters. The molecule has 1 saturated heterocycles. The maximum Gasteiger partial charge on any atom is 0.310 e. The van der Waals surface area contributed by atoms with Gasteiger partial charge in [0.25, 0.3) is 0 Å². The van der Waals surface area contributed by atoms with Crippen molar-refractivity contribution in [1.82, 2.24) is 4.90 Å². The molecule has 0 aromatic carbocycles. The lowest BCUT2D eigenvalue weighted by molar-refractivity contribution is -0.156. The summed E-state index contributed by atoms with van der Waals surface area (Å²) < 4.78 is 0. The highest BCUT2D eigenvalue weighted by Gasteiger charge is 2.41. The zero-order chi connectivity index (χ0) is 14.8. The number of amides is 1. The fourth-order valence-electron chi connectivity index (χ4n) is 2.58. The van der Waals surface area contributed by atoms with E-state index in [1.807, 2.05) is 18.7 Å². The highest BCUT2D eigenvalue weighted by Crippen LogP contribution is 2.33. The van der Waals surface area contributed by atoms with Crippen molar-refractivity contribution in [1.29, 1.82) is 0 Å². The number of hydrogen-bond acceptors (Lipinski definition) is 2. The molecular weight excluding hydrogens is 242 g/mol. The summed E-state index contributed by atoms with van der Waals surface area (Å²) in [7, 11) is 0. The van der Waals surface area contributed by atoms with Crippen LogP contribution < -0.4 is 0 Å². The van der Waals surface area contributed by atoms with Gasteiger partial charge in [0.2, 0.25) is 5.91 Å². The molecule has 1 amide bonds. The van der Waals surface area contributed by atoms with Crippen molar-refractivity contribution in [2.24, 2.45) is 17.3 Å². The second-order valence-electron chi connectivity index (χ2n) is 6.63. The van der Waals surface area contributed by atoms with E-state index in [1.54, 1.807) is 6.92 Å². The number of hydrogen-bond donors (Lipinski definition) is 1. The highest BCUT2D eigenvalue weighted by molar-refractivity contribution is 5.85. The lowest BCUT2D eigenvalue weighted by Crippen LogP contribution is -2.48. The van der Waals surface area contributed by atoms with Crippen LogP contribution in [-0.2, 0) is 9.59 Å². The third kappa shape index (κ3) is 3.48. The summed E-state index contributed by atoms with van der Waals surface area (Å²) in [6, 6.07) is 0.230. The van der Waals surface area contributed by atoms with Crippen LogP contribution in [0.1, 0.15) is 53.9 Å². The Balaban J connectivity index is 2.80. The van der Waals surface area contributed by atoms with Gasteiger partial charge >= 0.3 is 5.97 Å². The van der Waals surface area contributed by atoms with Gasteiger partial charge in [0.05, 0.1) is 5.41 Å². The number of carboxylic acid groups (broad SMARTS) is 1. The Hall–Kier alpha value is -1.06. The smallest absolute Gasteiger partial charge is 0.310 e. The second kappa shape index (κ2) is 5.93. The molecule has 4 heteroatoms. The van der Waals surface area contributed by atoms with Crippen LogP contribution in [0.3, 0.4) is 0 Å². The van der Waals surface area contributed by atoms with E-state index in [2.05, 4.69) is 13.8 Å². The van der Waals surface area contributed by atoms with Crippen molar-refractivity contribution in [2.45, 2.75) is 59.9 Å². The molecule has 19 heavy (non-hydrogen) atoms. The summed E-state index contributed by atoms with van der Waals surface area (Å²) in [5.41, 5.74) is -0.975. The van der Waals surface area contributed by atoms with Gasteiger partial charge in [-0.3, -0.25) is 9.59 Å². The van der Waals surface area contributed by atoms with Crippen molar-refractivity contribution in [3.05, 3.63) is 0 Å². The van der Waals surface area contributed by atoms with E-state index < -0.39 is 11.4 Å². The Kier molecular flexibility index (Phi) is 4.99. The minimum absolute atomic E-state index is 0.0161. The van der Waals surface area contributed by atoms with Gasteiger partial charge in [-0.15, -0.1) is 0 Å². The van der Waals surface area contributed by atoms with Crippen LogP contribution in [0, 0.1) is 17.3 Å². The first-order chi connectivity index (χ1) is 8.68. The van der Waals surface area contributed by atoms with Crippen LogP contribution in [0.2, 0.25) is 0 Å². The minimum Gasteiger partial charge on any atom is -0.481 e. The van der Waals surface area contributed by atoms with Gasteiger partial charge in [0.15, 0.2) is 0 Å². The average Bonchev–Trinajstić information content (AvgIpc) is 2.31. The third-order valence-electron chi connectivity index (χ3n) is 4.72. The predicted molar refractivity (Wildman–Crippen MR) is 74.8 cm³/mol. The lowest BCUT2D eigenvalue weighted by atomic mass is 9.75. The Bertz CT molecular complexity index is 353. The second-order valence-corrected chi connectivity index (χ2v) is 6.63. The molecule has 0 saturated carbocycles. The number of piperidine rings is 1. The summed E-state index contributed by atoms with van der Waals surface area (Å²) in [6.45, 7) is 10.4. The number of carboxylic acids is 1. The van der Waals surface area contributed by atoms with Crippen LogP contribution in [0.15, 0.2) is 0 Å². The molecule has 1 aliphatic rings. The molecule has 1 N–H and O–H groups in total. The first-order valence-corrected chi connectivity index (χ1v) is 7.21. The van der Waals surface area contributed by atoms with Crippen molar-refractivity contribution < 1.29 is 14.7 Å². The standard InChI is InChI=1S/C15H27NO3/c1-10(2)15(5,14(18)19)8-13(17)16-9-11(3)6-7-12(16)4/h10-12H,6-9H2,1-5H3,(H,18,19). The Labute approximate surface area is 116 Å². The van der Waals surface area contributed by atoms with Gasteiger partial charge in [-0.1, -0.05) is 20.8 Å². The molecule has 1 fully saturated rings. The van der Waals surface area contributed by atoms with Crippen LogP contribution in [0.4, 0.5) is 0 Å². The van der Waals surface area contributed by atoms with Gasteiger partial charge in [-0.25, -0.2) is 0 Å². The first-order valence-electron chi connectivity index (χ1n) is 7.21. The van der Waals surface area contributed by atoms with E-state index in [4.69, 9.17) is 0 Å². The number of carbonyl (C=O) groups excluding carboxylic acids is 1. The Morgan fingerprint density at radius 1 is 1.32 bits per heavy atom. The van der Waals surface area contributed by atoms with Crippen molar-refractivity contribution in [3.63, 3.8) is 0 Å². The SMILES string of the molecule is CC1CCC(C)N(C(=O)CC(C)(C(=O)O)C(C)C)C1. The van der Waals surface area contributed by atoms with E-state index >= 15 is 0 Å². The molecular formula is C15H27NO3. The predicted octanol–water partition coefficient (Wildman–Crippen LogP) is 2.77. The van der Waals surface area contributed by atoms with E-state index in [1.165, 1.54) is 0 Å². The normalized spacial score (nSPS) is 27.2. The van der Waals surface area contributed by atoms with E-state index in [0.717, 1.165) is 19.4 Å². The van der Waals surface area contributed by atoms with Crippen LogP contribution >= 0.6 is 0 Å². The molecule has 0 radical (unpaired) electrons. The van der Waals surface area contributed by atoms with Gasteiger partial charge < -0.3 is 10.0 Å². The average molecular weight is 269 g/mol. The van der Waals surface area contributed by atoms with Crippen LogP contribution in [-0.4, -0.2) is 34.5 Å². The third-order valence-corrected chi connectivity index (χ3v) is 4.72. The summed E-state index contributed by atoms with van der Waals surface area (Å²) in [5.74, 6) is -0.451. The quantitative estimate of drug-likeness (QED) is 0.853. The largest absolute Gasteiger partial charge is 0.481 e. The van der Waals surface area contributed by atoms with Gasteiger partial charge in [0, 0.05) is 19.0 Å². The number of nitrogens with zero attached hydrogens (tertiary/aromatic N) is 1. The Morgan fingerprint density at radius 3 is 2.37 bits per heavy atom. The molecule has 0 spiro atoms. The molecule has 1 aliphatic heterocycles. The molecule has 1 rings (SSSR count). The van der Waals surface area contributed by atoms with Crippen LogP contribution in [0.5, 0.6) is 0 Å². The highest BCUT2D eigenvalue weighted by atomic mass is 16.4. The van der Waals surface area contributed by atoms with Crippen molar-refractivity contribution in [3.8, 4) is 0 Å². The van der Waals surface area contributed by atoms with E-state index in [0.29, 0.717) is 5.92 Å². The molecule has 0 bridgehead atoms. The van der Waals surface area contributed by atoms with Gasteiger partial charge in [-0.2, -0.15) is 0 Å². The van der Waals surface area contributed by atoms with Gasteiger partial charge in [0.1, 0.15) is 0 Å². The number of rotatable bonds is 4. The maximum absolute atomic E-state index is 12.4. The van der Waals surface area contributed by atoms with Crippen LogP contribution in [0.25, 0.3) is 0 Å². The molecule has 0 aliphatic carbocycles. The number of carbonyl (C=O) groups is 2. The monoisotopic (exact) mass is 269 g/mol. The van der Waals surface area contributed by atoms with Crippen molar-refractivity contribution in [2.75, 3.05) is 6.54 Å². The number of aliphatic carboxylic acids is 1. The van der Waals surface area contributed by atoms with E-state index in [9.17, 15) is 14.7 Å². The fourth-order valence-corrected chi connectivity index (χ4v) is 2.58. The van der Waals surface area contributed by atoms with E-state index in [-0.39, 0.29) is 24.3 Å². The summed E-state index contributed by atoms with van der Waals surface area (Å²) in [6.07, 6.45) is 2.25. The molecule has 0 aromatic heterocycles. The fraction of sp³-hybridized carbons (Fsp3) is 0.867. The Morgan fingerprint density at radius 2 is 1.89 bits per heavy atom. The molecule has 3 atom stereocenters. The number of likely N-dealkylation sites (tertiary alicyclic amines) is 1. The van der Waals surface area contributed by atoms with Gasteiger partial charge in [-0.05, 0) is 38.5 Å². The molecule has 110 valence electrons. The summed E-state index contributed by atoms with van der Waals surface area (Å²) in [4.78, 5) is 25.8. The summed E-state index contributed by atoms with van der Waals surface area (Å²) >= 11 is 0. The zero-order valence-electron chi connectivity index (χ0n) is 12.8. The zero-order valence-corrected chi connectivity index (χ0v) is 12.8. The minimum atomic E-state index is -0.975. The molecule has 4 nitrogen and oxygen atoms in total. The molecule has 1 heterocycles. The maximum atomic E-state index is 12.4. The molecule has 0 aromatic rings. The van der Waals surface area contributed by atoms with Crippen molar-refractivity contribution >= 4 is 11.9 Å².